The lowest BCUT2D eigenvalue weighted by atomic mass is 9.76. The average molecular weight is 415 g/mol. The molecule has 3 saturated heterocycles. The summed E-state index contributed by atoms with van der Waals surface area (Å²) in [5.41, 5.74) is -0.661. The fourth-order valence-electron chi connectivity index (χ4n) is 5.43. The monoisotopic (exact) mass is 415 g/mol. The minimum absolute atomic E-state index is 0.0410. The van der Waals surface area contributed by atoms with Gasteiger partial charge < -0.3 is 24.0 Å². The van der Waals surface area contributed by atoms with Crippen molar-refractivity contribution in [3.8, 4) is 0 Å². The largest absolute Gasteiger partial charge is 0.360 e. The van der Waals surface area contributed by atoms with Gasteiger partial charge in [-0.15, -0.1) is 0 Å². The summed E-state index contributed by atoms with van der Waals surface area (Å²) in [6, 6.07) is 0. The number of likely N-dealkylation sites (tertiary alicyclic amines) is 2. The van der Waals surface area contributed by atoms with Gasteiger partial charge in [0.15, 0.2) is 5.82 Å². The van der Waals surface area contributed by atoms with Gasteiger partial charge in [-0.25, -0.2) is 0 Å². The number of aromatic nitrogens is 2. The number of fused-ring (bicyclic) bond motifs is 1. The van der Waals surface area contributed by atoms with Crippen LogP contribution >= 0.6 is 0 Å². The Morgan fingerprint density at radius 1 is 1.30 bits per heavy atom. The summed E-state index contributed by atoms with van der Waals surface area (Å²) in [6.45, 7) is 6.29. The molecule has 4 atom stereocenters. The zero-order chi connectivity index (χ0) is 20.9. The van der Waals surface area contributed by atoms with E-state index < -0.39 is 17.4 Å². The number of rotatable bonds is 6. The van der Waals surface area contributed by atoms with E-state index in [-0.39, 0.29) is 24.5 Å². The molecule has 2 bridgehead atoms. The van der Waals surface area contributed by atoms with Crippen LogP contribution in [-0.4, -0.2) is 88.1 Å². The second-order valence-electron chi connectivity index (χ2n) is 8.99. The lowest BCUT2D eigenvalue weighted by molar-refractivity contribution is -0.143. The number of piperidine rings is 1. The summed E-state index contributed by atoms with van der Waals surface area (Å²) < 4.78 is 11.4. The standard InChI is InChI=1S/C21H29N5O4/c1-14-22-16(30-23-14)12-24(2)19(27)17-15-6-7-21(29-15)13-26(20(28)18(17)21)11-10-25-8-4-3-5-9-25/h6-7,15,17-18H,3-5,8-13H2,1-2H3/t15-,17+,18-,21-/m0/s1. The topological polar surface area (TPSA) is 92.0 Å². The predicted octanol–water partition coefficient (Wildman–Crippen LogP) is 0.604. The number of carbonyl (C=O) groups excluding carboxylic acids is 2. The summed E-state index contributed by atoms with van der Waals surface area (Å²) in [5, 5.41) is 3.77. The van der Waals surface area contributed by atoms with Crippen LogP contribution < -0.4 is 0 Å². The zero-order valence-corrected chi connectivity index (χ0v) is 17.6. The smallest absolute Gasteiger partial charge is 0.246 e. The molecule has 0 saturated carbocycles. The molecule has 3 fully saturated rings. The highest BCUT2D eigenvalue weighted by molar-refractivity contribution is 5.93. The van der Waals surface area contributed by atoms with Crippen molar-refractivity contribution in [2.24, 2.45) is 11.8 Å². The second-order valence-corrected chi connectivity index (χ2v) is 8.99. The van der Waals surface area contributed by atoms with E-state index in [0.29, 0.717) is 24.8 Å². The number of carbonyl (C=O) groups is 2. The quantitative estimate of drug-likeness (QED) is 0.629. The highest BCUT2D eigenvalue weighted by Crippen LogP contribution is 2.52. The Balaban J connectivity index is 1.27. The third-order valence-corrected chi connectivity index (χ3v) is 6.92. The molecule has 0 aliphatic carbocycles. The van der Waals surface area contributed by atoms with Crippen molar-refractivity contribution in [1.82, 2.24) is 24.8 Å². The molecule has 1 aromatic heterocycles. The number of nitrogens with zero attached hydrogens (tertiary/aromatic N) is 5. The molecule has 1 spiro atoms. The highest BCUT2D eigenvalue weighted by Gasteiger charge is 2.67. The first kappa shape index (κ1) is 19.7. The number of amides is 2. The van der Waals surface area contributed by atoms with Gasteiger partial charge in [-0.3, -0.25) is 9.59 Å². The van der Waals surface area contributed by atoms with E-state index in [4.69, 9.17) is 9.26 Å². The summed E-state index contributed by atoms with van der Waals surface area (Å²) in [4.78, 5) is 36.7. The molecule has 9 nitrogen and oxygen atoms in total. The third-order valence-electron chi connectivity index (χ3n) is 6.92. The molecule has 9 heteroatoms. The molecule has 30 heavy (non-hydrogen) atoms. The number of hydrogen-bond donors (Lipinski definition) is 0. The van der Waals surface area contributed by atoms with Gasteiger partial charge in [0.1, 0.15) is 5.60 Å². The van der Waals surface area contributed by atoms with E-state index in [9.17, 15) is 9.59 Å². The van der Waals surface area contributed by atoms with Crippen LogP contribution in [0.4, 0.5) is 0 Å². The van der Waals surface area contributed by atoms with Gasteiger partial charge in [-0.1, -0.05) is 23.7 Å². The number of aryl methyl sites for hydroxylation is 1. The SMILES string of the molecule is Cc1noc(CN(C)C(=O)[C@@H]2[C@@H]3C=C[C@@]4(CN(CCN5CCCCC5)C(=O)[C@H]24)O3)n1. The van der Waals surface area contributed by atoms with E-state index in [1.807, 2.05) is 17.1 Å². The van der Waals surface area contributed by atoms with Crippen LogP contribution in [0.2, 0.25) is 0 Å². The van der Waals surface area contributed by atoms with Crippen LogP contribution in [0.3, 0.4) is 0 Å². The van der Waals surface area contributed by atoms with Crippen molar-refractivity contribution < 1.29 is 18.8 Å². The Kier molecular flexibility index (Phi) is 4.89. The first-order valence-corrected chi connectivity index (χ1v) is 10.9. The van der Waals surface area contributed by atoms with Crippen molar-refractivity contribution in [2.75, 3.05) is 39.8 Å². The maximum absolute atomic E-state index is 13.3. The van der Waals surface area contributed by atoms with E-state index in [1.54, 1.807) is 18.9 Å². The lowest BCUT2D eigenvalue weighted by Gasteiger charge is -2.29. The second kappa shape index (κ2) is 7.46. The van der Waals surface area contributed by atoms with E-state index in [1.165, 1.54) is 19.3 Å². The first-order valence-electron chi connectivity index (χ1n) is 10.9. The van der Waals surface area contributed by atoms with Gasteiger partial charge in [0.25, 0.3) is 0 Å². The van der Waals surface area contributed by atoms with Crippen molar-refractivity contribution in [3.05, 3.63) is 23.9 Å². The fraction of sp³-hybridized carbons (Fsp3) is 0.714. The molecule has 2 amide bonds. The Bertz CT molecular complexity index is 863. The van der Waals surface area contributed by atoms with Gasteiger partial charge in [-0.05, 0) is 32.9 Å². The van der Waals surface area contributed by atoms with E-state index >= 15 is 0 Å². The van der Waals surface area contributed by atoms with Crippen molar-refractivity contribution in [3.63, 3.8) is 0 Å². The van der Waals surface area contributed by atoms with Gasteiger partial charge in [-0.2, -0.15) is 4.98 Å². The molecule has 0 unspecified atom stereocenters. The van der Waals surface area contributed by atoms with Crippen LogP contribution in [0, 0.1) is 18.8 Å². The Morgan fingerprint density at radius 2 is 2.10 bits per heavy atom. The van der Waals surface area contributed by atoms with Gasteiger partial charge in [0.05, 0.1) is 31.0 Å². The molecular weight excluding hydrogens is 386 g/mol. The molecule has 0 radical (unpaired) electrons. The van der Waals surface area contributed by atoms with Crippen LogP contribution in [0.25, 0.3) is 0 Å². The Labute approximate surface area is 176 Å². The Morgan fingerprint density at radius 3 is 2.83 bits per heavy atom. The number of ether oxygens (including phenoxy) is 1. The first-order chi connectivity index (χ1) is 14.5. The highest BCUT2D eigenvalue weighted by atomic mass is 16.5. The minimum atomic E-state index is -0.661. The maximum atomic E-state index is 13.3. The van der Waals surface area contributed by atoms with Gasteiger partial charge in [0.2, 0.25) is 17.7 Å². The molecule has 1 aromatic rings. The molecule has 5 rings (SSSR count). The summed E-state index contributed by atoms with van der Waals surface area (Å²) in [7, 11) is 1.71. The van der Waals surface area contributed by atoms with Gasteiger partial charge >= 0.3 is 0 Å². The Hall–Kier alpha value is -2.26. The average Bonchev–Trinajstić information content (AvgIpc) is 3.48. The molecule has 162 valence electrons. The molecular formula is C21H29N5O4. The summed E-state index contributed by atoms with van der Waals surface area (Å²) >= 11 is 0. The number of hydrogen-bond acceptors (Lipinski definition) is 7. The fourth-order valence-corrected chi connectivity index (χ4v) is 5.43. The molecule has 4 aliphatic heterocycles. The van der Waals surface area contributed by atoms with Crippen LogP contribution in [-0.2, 0) is 20.9 Å². The summed E-state index contributed by atoms with van der Waals surface area (Å²) in [5.74, 6) is -0.104. The van der Waals surface area contributed by atoms with Crippen molar-refractivity contribution in [1.29, 1.82) is 0 Å². The molecule has 0 N–H and O–H groups in total. The summed E-state index contributed by atoms with van der Waals surface area (Å²) in [6.07, 6.45) is 7.37. The van der Waals surface area contributed by atoms with Crippen LogP contribution in [0.5, 0.6) is 0 Å². The van der Waals surface area contributed by atoms with Gasteiger partial charge in [0, 0.05) is 20.1 Å². The predicted molar refractivity (Wildman–Crippen MR) is 106 cm³/mol. The van der Waals surface area contributed by atoms with Crippen molar-refractivity contribution in [2.45, 2.75) is 44.4 Å². The minimum Gasteiger partial charge on any atom is -0.360 e. The maximum Gasteiger partial charge on any atom is 0.246 e. The third kappa shape index (κ3) is 3.24. The molecule has 5 heterocycles. The van der Waals surface area contributed by atoms with Crippen LogP contribution in [0.1, 0.15) is 31.0 Å². The molecule has 4 aliphatic rings. The van der Waals surface area contributed by atoms with E-state index in [2.05, 4.69) is 15.0 Å². The van der Waals surface area contributed by atoms with Crippen molar-refractivity contribution >= 4 is 11.8 Å². The zero-order valence-electron chi connectivity index (χ0n) is 17.6. The van der Waals surface area contributed by atoms with E-state index in [0.717, 1.165) is 19.6 Å². The van der Waals surface area contributed by atoms with Crippen LogP contribution in [0.15, 0.2) is 16.7 Å². The lowest BCUT2D eigenvalue weighted by Crippen LogP contribution is -2.45. The molecule has 0 aromatic carbocycles. The normalized spacial score (nSPS) is 32.8.